The van der Waals surface area contributed by atoms with Gasteiger partial charge in [0.05, 0.1) is 16.8 Å². The van der Waals surface area contributed by atoms with Gasteiger partial charge in [-0.1, -0.05) is 23.7 Å². The summed E-state index contributed by atoms with van der Waals surface area (Å²) in [6.45, 7) is 1.16. The van der Waals surface area contributed by atoms with E-state index in [1.165, 1.54) is 4.57 Å². The van der Waals surface area contributed by atoms with E-state index in [0.29, 0.717) is 40.5 Å². The van der Waals surface area contributed by atoms with Gasteiger partial charge in [0.25, 0.3) is 5.91 Å². The first-order chi connectivity index (χ1) is 14.0. The molecular weight excluding hydrogens is 394 g/mol. The number of likely N-dealkylation sites (tertiary alicyclic amines) is 1. The fraction of sp³-hybridized carbons (Fsp3) is 0.286. The van der Waals surface area contributed by atoms with Crippen molar-refractivity contribution in [1.29, 1.82) is 0 Å². The second kappa shape index (κ2) is 8.13. The van der Waals surface area contributed by atoms with E-state index in [1.54, 1.807) is 47.4 Å². The average Bonchev–Trinajstić information content (AvgIpc) is 3.03. The van der Waals surface area contributed by atoms with Crippen LogP contribution in [0.15, 0.2) is 51.7 Å². The lowest BCUT2D eigenvalue weighted by Crippen LogP contribution is -2.36. The first-order valence-electron chi connectivity index (χ1n) is 9.50. The Morgan fingerprint density at radius 3 is 2.62 bits per heavy atom. The Kier molecular flexibility index (Phi) is 5.40. The van der Waals surface area contributed by atoms with Gasteiger partial charge in [0.15, 0.2) is 5.58 Å². The fourth-order valence-corrected chi connectivity index (χ4v) is 3.74. The van der Waals surface area contributed by atoms with E-state index in [-0.39, 0.29) is 12.5 Å². The maximum Gasteiger partial charge on any atom is 0.420 e. The van der Waals surface area contributed by atoms with Crippen molar-refractivity contribution in [2.45, 2.75) is 25.8 Å². The lowest BCUT2D eigenvalue weighted by atomic mass is 10.1. The van der Waals surface area contributed by atoms with Crippen molar-refractivity contribution in [3.8, 4) is 0 Å². The molecule has 1 aromatic heterocycles. The average molecular weight is 414 g/mol. The molecule has 2 aromatic carbocycles. The van der Waals surface area contributed by atoms with Crippen LogP contribution in [0.25, 0.3) is 11.1 Å². The number of nitrogens with zero attached hydrogens (tertiary/aromatic N) is 2. The van der Waals surface area contributed by atoms with E-state index in [0.717, 1.165) is 19.3 Å². The highest BCUT2D eigenvalue weighted by Crippen LogP contribution is 2.24. The number of anilines is 1. The standard InChI is InChI=1S/C21H20ClN3O4/c22-14-8-9-15(20(27)24-10-4-1-5-11-24)16(12-14)23-19(26)13-25-17-6-2-3-7-18(17)29-21(25)28/h2-3,6-9,12H,1,4-5,10-11,13H2,(H,23,26). The fourth-order valence-electron chi connectivity index (χ4n) is 3.57. The Morgan fingerprint density at radius 2 is 1.83 bits per heavy atom. The predicted octanol–water partition coefficient (Wildman–Crippen LogP) is 3.51. The topological polar surface area (TPSA) is 84.5 Å². The number of piperidine rings is 1. The molecule has 29 heavy (non-hydrogen) atoms. The molecule has 0 radical (unpaired) electrons. The van der Waals surface area contributed by atoms with Crippen molar-refractivity contribution in [2.24, 2.45) is 0 Å². The molecule has 1 saturated heterocycles. The molecule has 0 unspecified atom stereocenters. The van der Waals surface area contributed by atoms with Gasteiger partial charge in [-0.05, 0) is 49.6 Å². The van der Waals surface area contributed by atoms with Gasteiger partial charge < -0.3 is 14.6 Å². The molecule has 1 aliphatic rings. The number of hydrogen-bond donors (Lipinski definition) is 1. The van der Waals surface area contributed by atoms with Crippen molar-refractivity contribution in [2.75, 3.05) is 18.4 Å². The van der Waals surface area contributed by atoms with Crippen LogP contribution in [0.2, 0.25) is 5.02 Å². The number of fused-ring (bicyclic) bond motifs is 1. The number of benzene rings is 2. The number of aromatic nitrogens is 1. The molecule has 7 nitrogen and oxygen atoms in total. The summed E-state index contributed by atoms with van der Waals surface area (Å²) < 4.78 is 6.41. The molecule has 1 aliphatic heterocycles. The van der Waals surface area contributed by atoms with Gasteiger partial charge in [-0.15, -0.1) is 0 Å². The molecule has 1 fully saturated rings. The van der Waals surface area contributed by atoms with E-state index >= 15 is 0 Å². The van der Waals surface area contributed by atoms with E-state index in [1.807, 2.05) is 0 Å². The summed E-state index contributed by atoms with van der Waals surface area (Å²) in [5.41, 5.74) is 1.66. The number of nitrogens with one attached hydrogen (secondary N) is 1. The largest absolute Gasteiger partial charge is 0.420 e. The Bertz CT molecular complexity index is 1130. The number of halogens is 1. The Hall–Kier alpha value is -3.06. The third-order valence-electron chi connectivity index (χ3n) is 5.00. The van der Waals surface area contributed by atoms with Gasteiger partial charge in [-0.2, -0.15) is 0 Å². The molecule has 0 atom stereocenters. The number of para-hydroxylation sites is 2. The third-order valence-corrected chi connectivity index (χ3v) is 5.24. The second-order valence-corrected chi connectivity index (χ2v) is 7.45. The minimum Gasteiger partial charge on any atom is -0.408 e. The summed E-state index contributed by atoms with van der Waals surface area (Å²) in [6, 6.07) is 11.7. The Labute approximate surface area is 171 Å². The molecule has 0 aliphatic carbocycles. The first-order valence-corrected chi connectivity index (χ1v) is 9.88. The lowest BCUT2D eigenvalue weighted by Gasteiger charge is -2.27. The highest BCUT2D eigenvalue weighted by molar-refractivity contribution is 6.31. The van der Waals surface area contributed by atoms with E-state index in [9.17, 15) is 14.4 Å². The molecule has 150 valence electrons. The first kappa shape index (κ1) is 19.3. The van der Waals surface area contributed by atoms with Crippen molar-refractivity contribution in [1.82, 2.24) is 9.47 Å². The summed E-state index contributed by atoms with van der Waals surface area (Å²) in [5.74, 6) is -1.20. The van der Waals surface area contributed by atoms with Crippen LogP contribution in [0, 0.1) is 0 Å². The van der Waals surface area contributed by atoms with E-state index in [2.05, 4.69) is 5.32 Å². The lowest BCUT2D eigenvalue weighted by molar-refractivity contribution is -0.116. The molecule has 8 heteroatoms. The Morgan fingerprint density at radius 1 is 1.07 bits per heavy atom. The molecule has 2 amide bonds. The van der Waals surface area contributed by atoms with Crippen LogP contribution in [0.4, 0.5) is 5.69 Å². The molecule has 4 rings (SSSR count). The van der Waals surface area contributed by atoms with Crippen molar-refractivity contribution in [3.05, 3.63) is 63.6 Å². The van der Waals surface area contributed by atoms with Gasteiger partial charge in [-0.3, -0.25) is 14.2 Å². The van der Waals surface area contributed by atoms with Crippen LogP contribution in [-0.4, -0.2) is 34.4 Å². The zero-order valence-corrected chi connectivity index (χ0v) is 16.4. The SMILES string of the molecule is O=C(Cn1c(=O)oc2ccccc21)Nc1cc(Cl)ccc1C(=O)N1CCCCC1. The van der Waals surface area contributed by atoms with Gasteiger partial charge in [-0.25, -0.2) is 4.79 Å². The highest BCUT2D eigenvalue weighted by Gasteiger charge is 2.22. The zero-order chi connectivity index (χ0) is 20.4. The minimum absolute atomic E-state index is 0.136. The molecule has 0 bridgehead atoms. The van der Waals surface area contributed by atoms with Crippen LogP contribution in [0.3, 0.4) is 0 Å². The van der Waals surface area contributed by atoms with Crippen LogP contribution in [-0.2, 0) is 11.3 Å². The number of amides is 2. The van der Waals surface area contributed by atoms with Crippen LogP contribution in [0.5, 0.6) is 0 Å². The molecule has 0 spiro atoms. The highest BCUT2D eigenvalue weighted by atomic mass is 35.5. The number of carbonyl (C=O) groups is 2. The summed E-state index contributed by atoms with van der Waals surface area (Å²) in [6.07, 6.45) is 3.05. The van der Waals surface area contributed by atoms with Crippen molar-refractivity contribution < 1.29 is 14.0 Å². The number of oxazole rings is 1. The molecule has 3 aromatic rings. The van der Waals surface area contributed by atoms with Crippen LogP contribution < -0.4 is 11.1 Å². The normalized spacial score (nSPS) is 14.2. The van der Waals surface area contributed by atoms with Gasteiger partial charge in [0.2, 0.25) is 5.91 Å². The van der Waals surface area contributed by atoms with E-state index in [4.69, 9.17) is 16.0 Å². The molecule has 1 N–H and O–H groups in total. The summed E-state index contributed by atoms with van der Waals surface area (Å²) in [7, 11) is 0. The van der Waals surface area contributed by atoms with Crippen molar-refractivity contribution >= 4 is 40.2 Å². The summed E-state index contributed by atoms with van der Waals surface area (Å²) in [5, 5.41) is 3.13. The maximum absolute atomic E-state index is 12.9. The second-order valence-electron chi connectivity index (χ2n) is 7.01. The smallest absolute Gasteiger partial charge is 0.408 e. The van der Waals surface area contributed by atoms with Gasteiger partial charge in [0, 0.05) is 18.1 Å². The number of carbonyl (C=O) groups excluding carboxylic acids is 2. The van der Waals surface area contributed by atoms with Crippen LogP contribution >= 0.6 is 11.6 Å². The molecule has 2 heterocycles. The molecular formula is C21H20ClN3O4. The number of rotatable bonds is 4. The van der Waals surface area contributed by atoms with Crippen LogP contribution in [0.1, 0.15) is 29.6 Å². The van der Waals surface area contributed by atoms with Gasteiger partial charge >= 0.3 is 5.76 Å². The maximum atomic E-state index is 12.9. The Balaban J connectivity index is 1.57. The van der Waals surface area contributed by atoms with Crippen molar-refractivity contribution in [3.63, 3.8) is 0 Å². The third kappa shape index (κ3) is 4.05. The number of hydrogen-bond acceptors (Lipinski definition) is 4. The molecule has 0 saturated carbocycles. The predicted molar refractivity (Wildman–Crippen MR) is 110 cm³/mol. The quantitative estimate of drug-likeness (QED) is 0.709. The van der Waals surface area contributed by atoms with E-state index < -0.39 is 11.7 Å². The summed E-state index contributed by atoms with van der Waals surface area (Å²) in [4.78, 5) is 39.5. The minimum atomic E-state index is -0.614. The summed E-state index contributed by atoms with van der Waals surface area (Å²) >= 11 is 6.09. The van der Waals surface area contributed by atoms with Gasteiger partial charge in [0.1, 0.15) is 6.54 Å². The zero-order valence-electron chi connectivity index (χ0n) is 15.7. The monoisotopic (exact) mass is 413 g/mol.